The number of benzene rings is 1. The number of unbranched alkanes of at least 4 members (excludes halogenated alkanes) is 1. The molecule has 1 aromatic carbocycles. The minimum Gasteiger partial charge on any atom is -0.349 e. The number of carbonyl (C=O) groups excluding carboxylic acids is 1. The third-order valence-corrected chi connectivity index (χ3v) is 3.45. The van der Waals surface area contributed by atoms with Crippen molar-refractivity contribution in [3.63, 3.8) is 0 Å². The fourth-order valence-electron chi connectivity index (χ4n) is 2.33. The molecule has 0 radical (unpaired) electrons. The summed E-state index contributed by atoms with van der Waals surface area (Å²) in [5, 5.41) is 3.13. The van der Waals surface area contributed by atoms with Crippen LogP contribution in [-0.4, -0.2) is 11.9 Å². The van der Waals surface area contributed by atoms with Gasteiger partial charge >= 0.3 is 0 Å². The number of nitrogen functional groups attached to an aromatic ring is 1. The van der Waals surface area contributed by atoms with Crippen LogP contribution in [0.15, 0.2) is 18.2 Å². The summed E-state index contributed by atoms with van der Waals surface area (Å²) in [6.45, 7) is 6.29. The highest BCUT2D eigenvalue weighted by Crippen LogP contribution is 2.17. The molecule has 0 spiro atoms. The molecule has 4 heteroatoms. The maximum Gasteiger partial charge on any atom is 0.253 e. The zero-order valence-electron chi connectivity index (χ0n) is 12.8. The van der Waals surface area contributed by atoms with E-state index in [0.29, 0.717) is 11.3 Å². The van der Waals surface area contributed by atoms with Gasteiger partial charge in [-0.2, -0.15) is 0 Å². The third-order valence-electron chi connectivity index (χ3n) is 3.45. The Bertz CT molecular complexity index is 432. The second-order valence-electron chi connectivity index (χ2n) is 5.29. The fourth-order valence-corrected chi connectivity index (χ4v) is 2.33. The summed E-state index contributed by atoms with van der Waals surface area (Å²) < 4.78 is 0. The van der Waals surface area contributed by atoms with Crippen LogP contribution in [0.2, 0.25) is 0 Å². The van der Waals surface area contributed by atoms with Crippen LogP contribution in [0.5, 0.6) is 0 Å². The molecular weight excluding hydrogens is 250 g/mol. The molecule has 0 heterocycles. The predicted molar refractivity (Wildman–Crippen MR) is 84.7 cm³/mol. The third kappa shape index (κ3) is 4.85. The van der Waals surface area contributed by atoms with E-state index in [1.165, 1.54) is 0 Å². The Kier molecular flexibility index (Phi) is 7.09. The lowest BCUT2D eigenvalue weighted by Crippen LogP contribution is -2.35. The molecule has 0 aromatic heterocycles. The first-order chi connectivity index (χ1) is 9.62. The van der Waals surface area contributed by atoms with Crippen molar-refractivity contribution >= 4 is 11.6 Å². The molecule has 4 nitrogen and oxygen atoms in total. The first-order valence-corrected chi connectivity index (χ1v) is 7.50. The smallest absolute Gasteiger partial charge is 0.253 e. The van der Waals surface area contributed by atoms with Crippen molar-refractivity contribution in [2.75, 3.05) is 5.43 Å². The van der Waals surface area contributed by atoms with Gasteiger partial charge in [0.1, 0.15) is 0 Å². The molecule has 0 fully saturated rings. The van der Waals surface area contributed by atoms with E-state index >= 15 is 0 Å². The molecule has 0 aliphatic carbocycles. The van der Waals surface area contributed by atoms with Crippen molar-refractivity contribution in [3.8, 4) is 0 Å². The molecule has 1 amide bonds. The van der Waals surface area contributed by atoms with Crippen molar-refractivity contribution in [1.82, 2.24) is 5.32 Å². The quantitative estimate of drug-likeness (QED) is 0.504. The maximum absolute atomic E-state index is 12.4. The number of hydrogen-bond donors (Lipinski definition) is 3. The van der Waals surface area contributed by atoms with Gasteiger partial charge in [0.15, 0.2) is 0 Å². The van der Waals surface area contributed by atoms with E-state index in [1.807, 2.05) is 25.1 Å². The molecule has 1 atom stereocenters. The van der Waals surface area contributed by atoms with Crippen LogP contribution in [0.1, 0.15) is 61.9 Å². The molecule has 0 aliphatic heterocycles. The molecule has 0 saturated carbocycles. The number of hydrazine groups is 1. The molecule has 0 aliphatic rings. The van der Waals surface area contributed by atoms with Crippen LogP contribution in [-0.2, 0) is 0 Å². The SMILES string of the molecule is CCCCC(CCC)NC(=O)c1ccc(C)cc1NN. The number of anilines is 1. The van der Waals surface area contributed by atoms with Gasteiger partial charge in [-0.25, -0.2) is 0 Å². The summed E-state index contributed by atoms with van der Waals surface area (Å²) >= 11 is 0. The Balaban J connectivity index is 2.77. The Labute approximate surface area is 122 Å². The fraction of sp³-hybridized carbons (Fsp3) is 0.562. The normalized spacial score (nSPS) is 12.0. The van der Waals surface area contributed by atoms with Crippen molar-refractivity contribution in [2.24, 2.45) is 5.84 Å². The maximum atomic E-state index is 12.4. The molecule has 1 aromatic rings. The Morgan fingerprint density at radius 2 is 2.00 bits per heavy atom. The summed E-state index contributed by atoms with van der Waals surface area (Å²) in [4.78, 5) is 12.4. The average Bonchev–Trinajstić information content (AvgIpc) is 2.44. The average molecular weight is 277 g/mol. The lowest BCUT2D eigenvalue weighted by atomic mass is 10.0. The lowest BCUT2D eigenvalue weighted by Gasteiger charge is -2.19. The summed E-state index contributed by atoms with van der Waals surface area (Å²) in [6.07, 6.45) is 5.41. The minimum atomic E-state index is -0.0486. The van der Waals surface area contributed by atoms with E-state index < -0.39 is 0 Å². The molecule has 0 saturated heterocycles. The monoisotopic (exact) mass is 277 g/mol. The van der Waals surface area contributed by atoms with E-state index in [4.69, 9.17) is 5.84 Å². The molecular formula is C16H27N3O. The highest BCUT2D eigenvalue weighted by molar-refractivity contribution is 5.99. The minimum absolute atomic E-state index is 0.0486. The summed E-state index contributed by atoms with van der Waals surface area (Å²) in [5.41, 5.74) is 4.96. The number of amides is 1. The number of aryl methyl sites for hydroxylation is 1. The van der Waals surface area contributed by atoms with Gasteiger partial charge in [0, 0.05) is 6.04 Å². The van der Waals surface area contributed by atoms with E-state index in [2.05, 4.69) is 24.6 Å². The van der Waals surface area contributed by atoms with E-state index in [1.54, 1.807) is 0 Å². The second kappa shape index (κ2) is 8.59. The number of carbonyl (C=O) groups is 1. The van der Waals surface area contributed by atoms with Crippen molar-refractivity contribution in [1.29, 1.82) is 0 Å². The molecule has 4 N–H and O–H groups in total. The number of nitrogens with one attached hydrogen (secondary N) is 2. The highest BCUT2D eigenvalue weighted by Gasteiger charge is 2.15. The zero-order valence-corrected chi connectivity index (χ0v) is 12.8. The van der Waals surface area contributed by atoms with E-state index in [-0.39, 0.29) is 11.9 Å². The first kappa shape index (κ1) is 16.5. The molecule has 1 rings (SSSR count). The van der Waals surface area contributed by atoms with Gasteiger partial charge in [0.2, 0.25) is 0 Å². The van der Waals surface area contributed by atoms with Gasteiger partial charge in [-0.15, -0.1) is 0 Å². The van der Waals surface area contributed by atoms with Gasteiger partial charge in [0.05, 0.1) is 11.3 Å². The van der Waals surface area contributed by atoms with Crippen LogP contribution in [0, 0.1) is 6.92 Å². The van der Waals surface area contributed by atoms with Crippen LogP contribution in [0.4, 0.5) is 5.69 Å². The van der Waals surface area contributed by atoms with Crippen LogP contribution in [0.25, 0.3) is 0 Å². The predicted octanol–water partition coefficient (Wildman–Crippen LogP) is 3.37. The van der Waals surface area contributed by atoms with Crippen LogP contribution >= 0.6 is 0 Å². The lowest BCUT2D eigenvalue weighted by molar-refractivity contribution is 0.0933. The number of rotatable bonds is 8. The Morgan fingerprint density at radius 3 is 2.60 bits per heavy atom. The molecule has 1 unspecified atom stereocenters. The first-order valence-electron chi connectivity index (χ1n) is 7.50. The number of nitrogens with two attached hydrogens (primary N) is 1. The standard InChI is InChI=1S/C16H27N3O/c1-4-6-8-13(7-5-2)18-16(20)14-10-9-12(3)11-15(14)19-17/h9-11,13,19H,4-8,17H2,1-3H3,(H,18,20). The van der Waals surface area contributed by atoms with Crippen molar-refractivity contribution in [2.45, 2.75) is 58.9 Å². The Hall–Kier alpha value is -1.55. The van der Waals surface area contributed by atoms with Gasteiger partial charge < -0.3 is 10.7 Å². The summed E-state index contributed by atoms with van der Waals surface area (Å²) in [7, 11) is 0. The van der Waals surface area contributed by atoms with Gasteiger partial charge in [-0.3, -0.25) is 10.6 Å². The van der Waals surface area contributed by atoms with Gasteiger partial charge in [0.25, 0.3) is 5.91 Å². The van der Waals surface area contributed by atoms with Crippen molar-refractivity contribution < 1.29 is 4.79 Å². The van der Waals surface area contributed by atoms with Crippen molar-refractivity contribution in [3.05, 3.63) is 29.3 Å². The largest absolute Gasteiger partial charge is 0.349 e. The molecule has 112 valence electrons. The topological polar surface area (TPSA) is 67.2 Å². The summed E-state index contributed by atoms with van der Waals surface area (Å²) in [6, 6.07) is 5.88. The second-order valence-corrected chi connectivity index (χ2v) is 5.29. The van der Waals surface area contributed by atoms with E-state index in [0.717, 1.165) is 37.7 Å². The van der Waals surface area contributed by atoms with Gasteiger partial charge in [-0.1, -0.05) is 39.2 Å². The van der Waals surface area contributed by atoms with Crippen LogP contribution < -0.4 is 16.6 Å². The Morgan fingerprint density at radius 1 is 1.25 bits per heavy atom. The molecule has 0 bridgehead atoms. The highest BCUT2D eigenvalue weighted by atomic mass is 16.1. The van der Waals surface area contributed by atoms with Crippen LogP contribution in [0.3, 0.4) is 0 Å². The van der Waals surface area contributed by atoms with E-state index in [9.17, 15) is 4.79 Å². The summed E-state index contributed by atoms with van der Waals surface area (Å²) in [5.74, 6) is 5.45. The number of hydrogen-bond acceptors (Lipinski definition) is 3. The van der Waals surface area contributed by atoms with Gasteiger partial charge in [-0.05, 0) is 37.5 Å². The zero-order chi connectivity index (χ0) is 15.0. The molecule has 20 heavy (non-hydrogen) atoms.